The van der Waals surface area contributed by atoms with Crippen LogP contribution in [0.5, 0.6) is 11.5 Å². The van der Waals surface area contributed by atoms with Gasteiger partial charge in [0.2, 0.25) is 0 Å². The fourth-order valence-corrected chi connectivity index (χ4v) is 4.26. The smallest absolute Gasteiger partial charge is 0.161 e. The maximum absolute atomic E-state index is 10.6. The van der Waals surface area contributed by atoms with Gasteiger partial charge in [-0.2, -0.15) is 40.5 Å². The molecule has 0 spiro atoms. The Morgan fingerprint density at radius 3 is 2.31 bits per heavy atom. The number of hydrogen-bond donors (Lipinski definition) is 1. The van der Waals surface area contributed by atoms with Crippen LogP contribution in [0, 0.1) is 11.8 Å². The third-order valence-corrected chi connectivity index (χ3v) is 5.37. The standard InChI is InChI=1S/C19H29NO3.3H2S/c1-12(2)7-14-11-20-6-5-13-8-18(22-3)19(23-4)9-15(13)16(20)10-17(14)21;;;/h8-9,12,14,16-17,21H,5-7,10-11H2,1-4H3;3*1H2/t14-,16-,17-;;;/m0.../s1. The van der Waals surface area contributed by atoms with Gasteiger partial charge >= 0.3 is 0 Å². The lowest BCUT2D eigenvalue weighted by Crippen LogP contribution is -2.48. The lowest BCUT2D eigenvalue weighted by Gasteiger charge is -2.46. The van der Waals surface area contributed by atoms with Crippen LogP contribution in [0.25, 0.3) is 0 Å². The van der Waals surface area contributed by atoms with Crippen LogP contribution in [0.4, 0.5) is 0 Å². The van der Waals surface area contributed by atoms with Crippen LogP contribution < -0.4 is 9.47 Å². The van der Waals surface area contributed by atoms with E-state index in [0.29, 0.717) is 17.9 Å². The molecule has 1 aromatic rings. The van der Waals surface area contributed by atoms with E-state index in [9.17, 15) is 5.11 Å². The molecule has 26 heavy (non-hydrogen) atoms. The summed E-state index contributed by atoms with van der Waals surface area (Å²) < 4.78 is 10.9. The minimum atomic E-state index is -0.210. The van der Waals surface area contributed by atoms with Crippen LogP contribution in [0.2, 0.25) is 0 Å². The van der Waals surface area contributed by atoms with Crippen LogP contribution in [0.15, 0.2) is 12.1 Å². The van der Waals surface area contributed by atoms with Gasteiger partial charge in [-0.05, 0) is 54.4 Å². The predicted molar refractivity (Wildman–Crippen MR) is 122 cm³/mol. The third-order valence-electron chi connectivity index (χ3n) is 5.37. The number of hydrogen-bond acceptors (Lipinski definition) is 4. The Morgan fingerprint density at radius 1 is 1.12 bits per heavy atom. The average molecular weight is 422 g/mol. The maximum Gasteiger partial charge on any atom is 0.161 e. The first-order valence-corrected chi connectivity index (χ1v) is 8.70. The van der Waals surface area contributed by atoms with Crippen LogP contribution in [0.3, 0.4) is 0 Å². The summed E-state index contributed by atoms with van der Waals surface area (Å²) in [6, 6.07) is 4.52. The molecular weight excluding hydrogens is 386 g/mol. The molecule has 2 aliphatic rings. The molecule has 4 nitrogen and oxygen atoms in total. The van der Waals surface area contributed by atoms with Crippen molar-refractivity contribution in [1.82, 2.24) is 4.90 Å². The summed E-state index contributed by atoms with van der Waals surface area (Å²) in [6.45, 7) is 6.54. The van der Waals surface area contributed by atoms with Crippen molar-refractivity contribution in [3.05, 3.63) is 23.3 Å². The fourth-order valence-electron chi connectivity index (χ4n) is 4.26. The zero-order valence-corrected chi connectivity index (χ0v) is 19.2. The Hall–Kier alpha value is -0.210. The molecule has 0 unspecified atom stereocenters. The van der Waals surface area contributed by atoms with Gasteiger partial charge in [0.25, 0.3) is 0 Å². The van der Waals surface area contributed by atoms with Crippen molar-refractivity contribution in [1.29, 1.82) is 0 Å². The first-order valence-electron chi connectivity index (χ1n) is 8.70. The number of nitrogens with zero attached hydrogens (tertiary/aromatic N) is 1. The largest absolute Gasteiger partial charge is 0.493 e. The first-order chi connectivity index (χ1) is 11.0. The second-order valence-corrected chi connectivity index (χ2v) is 7.36. The highest BCUT2D eigenvalue weighted by Gasteiger charge is 2.38. The van der Waals surface area contributed by atoms with E-state index in [2.05, 4.69) is 30.9 Å². The van der Waals surface area contributed by atoms with Gasteiger partial charge in [0.05, 0.1) is 20.3 Å². The van der Waals surface area contributed by atoms with Crippen LogP contribution in [-0.4, -0.2) is 43.4 Å². The Bertz CT molecular complexity index is 571. The molecule has 1 aromatic carbocycles. The second-order valence-electron chi connectivity index (χ2n) is 7.36. The summed E-state index contributed by atoms with van der Waals surface area (Å²) >= 11 is 0. The predicted octanol–water partition coefficient (Wildman–Crippen LogP) is 3.37. The summed E-state index contributed by atoms with van der Waals surface area (Å²) in [5.74, 6) is 2.61. The second kappa shape index (κ2) is 11.0. The van der Waals surface area contributed by atoms with Crippen LogP contribution >= 0.6 is 40.5 Å². The number of piperidine rings is 1. The maximum atomic E-state index is 10.6. The van der Waals surface area contributed by atoms with Crippen molar-refractivity contribution in [3.8, 4) is 11.5 Å². The Morgan fingerprint density at radius 2 is 1.73 bits per heavy atom. The summed E-state index contributed by atoms with van der Waals surface area (Å²) in [4.78, 5) is 2.55. The molecule has 0 radical (unpaired) electrons. The highest BCUT2D eigenvalue weighted by Crippen LogP contribution is 2.43. The molecule has 3 rings (SSSR count). The summed E-state index contributed by atoms with van der Waals surface area (Å²) in [5.41, 5.74) is 2.63. The Kier molecular flexibility index (Phi) is 10.9. The topological polar surface area (TPSA) is 41.9 Å². The van der Waals surface area contributed by atoms with E-state index < -0.39 is 0 Å². The van der Waals surface area contributed by atoms with Gasteiger partial charge in [-0.15, -0.1) is 0 Å². The van der Waals surface area contributed by atoms with Gasteiger partial charge < -0.3 is 14.6 Å². The van der Waals surface area contributed by atoms with Gasteiger partial charge in [-0.1, -0.05) is 13.8 Å². The zero-order valence-electron chi connectivity index (χ0n) is 16.2. The summed E-state index contributed by atoms with van der Waals surface area (Å²) in [7, 11) is 3.36. The molecule has 0 bridgehead atoms. The van der Waals surface area contributed by atoms with E-state index >= 15 is 0 Å². The van der Waals surface area contributed by atoms with E-state index in [1.54, 1.807) is 14.2 Å². The molecule has 0 amide bonds. The third kappa shape index (κ3) is 5.19. The normalized spacial score (nSPS) is 24.3. The van der Waals surface area contributed by atoms with Crippen molar-refractivity contribution in [2.24, 2.45) is 11.8 Å². The van der Waals surface area contributed by atoms with Crippen molar-refractivity contribution in [2.75, 3.05) is 27.3 Å². The van der Waals surface area contributed by atoms with E-state index in [0.717, 1.165) is 43.9 Å². The minimum Gasteiger partial charge on any atom is -0.493 e. The number of rotatable bonds is 4. The molecule has 7 heteroatoms. The lowest BCUT2D eigenvalue weighted by atomic mass is 9.79. The molecule has 2 heterocycles. The Labute approximate surface area is 179 Å². The minimum absolute atomic E-state index is 0. The zero-order chi connectivity index (χ0) is 16.6. The van der Waals surface area contributed by atoms with Crippen molar-refractivity contribution >= 4 is 40.5 Å². The molecule has 3 atom stereocenters. The average Bonchev–Trinajstić information content (AvgIpc) is 2.53. The summed E-state index contributed by atoms with van der Waals surface area (Å²) in [5, 5.41) is 10.6. The number of fused-ring (bicyclic) bond motifs is 3. The van der Waals surface area contributed by atoms with Crippen LogP contribution in [-0.2, 0) is 6.42 Å². The number of methoxy groups -OCH3 is 2. The molecule has 1 N–H and O–H groups in total. The number of aliphatic hydroxyl groups excluding tert-OH is 1. The first kappa shape index (κ1) is 25.8. The summed E-state index contributed by atoms with van der Waals surface area (Å²) in [6.07, 6.45) is 2.75. The molecule has 1 saturated heterocycles. The molecule has 1 fully saturated rings. The highest BCUT2D eigenvalue weighted by molar-refractivity contribution is 7.59. The monoisotopic (exact) mass is 421 g/mol. The van der Waals surface area contributed by atoms with Gasteiger partial charge in [0.1, 0.15) is 0 Å². The number of aliphatic hydroxyl groups is 1. The lowest BCUT2D eigenvalue weighted by molar-refractivity contribution is -0.0191. The molecular formula is C19H35NO3S3. The van der Waals surface area contributed by atoms with Gasteiger partial charge in [0, 0.05) is 19.1 Å². The highest BCUT2D eigenvalue weighted by atomic mass is 32.1. The van der Waals surface area contributed by atoms with Gasteiger partial charge in [-0.25, -0.2) is 0 Å². The van der Waals surface area contributed by atoms with Gasteiger partial charge in [0.15, 0.2) is 11.5 Å². The molecule has 0 aromatic heterocycles. The SMILES string of the molecule is COc1cc2c(cc1OC)[C@@H]1C[C@H](O)[C@@H](CC(C)C)CN1CC2.S.S.S. The van der Waals surface area contributed by atoms with Gasteiger partial charge in [-0.3, -0.25) is 4.90 Å². The number of benzene rings is 1. The van der Waals surface area contributed by atoms with Crippen LogP contribution in [0.1, 0.15) is 43.9 Å². The molecule has 0 saturated carbocycles. The van der Waals surface area contributed by atoms with E-state index in [1.165, 1.54) is 11.1 Å². The van der Waals surface area contributed by atoms with Crippen molar-refractivity contribution < 1.29 is 14.6 Å². The van der Waals surface area contributed by atoms with Crippen molar-refractivity contribution in [3.63, 3.8) is 0 Å². The van der Waals surface area contributed by atoms with E-state index in [4.69, 9.17) is 9.47 Å². The van der Waals surface area contributed by atoms with E-state index in [1.807, 2.05) is 0 Å². The Balaban J connectivity index is 0.00000208. The van der Waals surface area contributed by atoms with Crippen molar-refractivity contribution in [2.45, 2.75) is 45.3 Å². The fraction of sp³-hybridized carbons (Fsp3) is 0.684. The van der Waals surface area contributed by atoms with E-state index in [-0.39, 0.29) is 46.6 Å². The number of ether oxygens (including phenoxy) is 2. The molecule has 2 aliphatic heterocycles. The molecule has 152 valence electrons. The molecule has 0 aliphatic carbocycles. The quantitative estimate of drug-likeness (QED) is 0.809.